The number of amides is 2. The van der Waals surface area contributed by atoms with Crippen LogP contribution in [0.4, 0.5) is 8.78 Å². The molecule has 0 spiro atoms. The number of ether oxygens (including phenoxy) is 2. The van der Waals surface area contributed by atoms with Gasteiger partial charge in [0.1, 0.15) is 30.4 Å². The van der Waals surface area contributed by atoms with Gasteiger partial charge >= 0.3 is 0 Å². The lowest BCUT2D eigenvalue weighted by Gasteiger charge is -2.18. The Morgan fingerprint density at radius 2 is 1.50 bits per heavy atom. The molecule has 1 heterocycles. The smallest absolute Gasteiger partial charge is 0.275 e. The van der Waals surface area contributed by atoms with E-state index in [1.54, 1.807) is 6.07 Å². The minimum atomic E-state index is -1.10. The van der Waals surface area contributed by atoms with Crippen molar-refractivity contribution >= 4 is 11.8 Å². The van der Waals surface area contributed by atoms with Crippen LogP contribution in [0.25, 0.3) is 0 Å². The second-order valence-electron chi connectivity index (χ2n) is 4.86. The highest BCUT2D eigenvalue weighted by Crippen LogP contribution is 2.30. The molecule has 2 N–H and O–H groups in total. The molecule has 0 saturated carbocycles. The summed E-state index contributed by atoms with van der Waals surface area (Å²) in [7, 11) is 0. The largest absolute Gasteiger partial charge is 0.486 e. The van der Waals surface area contributed by atoms with Crippen molar-refractivity contribution in [1.29, 1.82) is 0 Å². The molecule has 0 unspecified atom stereocenters. The molecule has 6 nitrogen and oxygen atoms in total. The number of hydrogen-bond donors (Lipinski definition) is 2. The maximum Gasteiger partial charge on any atom is 0.275 e. The van der Waals surface area contributed by atoms with Crippen molar-refractivity contribution in [2.75, 3.05) is 13.2 Å². The molecule has 0 atom stereocenters. The van der Waals surface area contributed by atoms with Gasteiger partial charge in [0, 0.05) is 5.56 Å². The topological polar surface area (TPSA) is 76.7 Å². The fourth-order valence-electron chi connectivity index (χ4n) is 2.15. The van der Waals surface area contributed by atoms with Gasteiger partial charge in [-0.15, -0.1) is 0 Å². The van der Waals surface area contributed by atoms with Gasteiger partial charge in [0.05, 0.1) is 0 Å². The first-order chi connectivity index (χ1) is 11.6. The molecule has 1 aliphatic rings. The Labute approximate surface area is 135 Å². The number of hydrogen-bond acceptors (Lipinski definition) is 4. The van der Waals surface area contributed by atoms with Gasteiger partial charge < -0.3 is 9.47 Å². The van der Waals surface area contributed by atoms with Crippen LogP contribution in [0.15, 0.2) is 36.4 Å². The first-order valence-corrected chi connectivity index (χ1v) is 7.00. The van der Waals surface area contributed by atoms with Gasteiger partial charge in [0.25, 0.3) is 11.8 Å². The van der Waals surface area contributed by atoms with Crippen LogP contribution in [-0.4, -0.2) is 25.0 Å². The van der Waals surface area contributed by atoms with E-state index in [9.17, 15) is 18.4 Å². The molecule has 0 saturated heterocycles. The lowest BCUT2D eigenvalue weighted by Crippen LogP contribution is -2.42. The van der Waals surface area contributed by atoms with E-state index in [1.807, 2.05) is 5.43 Å². The minimum Gasteiger partial charge on any atom is -0.486 e. The van der Waals surface area contributed by atoms with Crippen LogP contribution in [0.2, 0.25) is 0 Å². The van der Waals surface area contributed by atoms with Crippen molar-refractivity contribution in [2.45, 2.75) is 0 Å². The van der Waals surface area contributed by atoms with Gasteiger partial charge in [-0.3, -0.25) is 20.4 Å². The van der Waals surface area contributed by atoms with Crippen LogP contribution in [-0.2, 0) is 0 Å². The van der Waals surface area contributed by atoms with Crippen molar-refractivity contribution in [2.24, 2.45) is 0 Å². The molecule has 2 amide bonds. The zero-order chi connectivity index (χ0) is 17.1. The maximum atomic E-state index is 13.5. The summed E-state index contributed by atoms with van der Waals surface area (Å²) in [6.45, 7) is 0.782. The van der Waals surface area contributed by atoms with E-state index in [4.69, 9.17) is 9.47 Å². The van der Waals surface area contributed by atoms with E-state index >= 15 is 0 Å². The normalized spacial score (nSPS) is 12.4. The molecule has 3 rings (SSSR count). The summed E-state index contributed by atoms with van der Waals surface area (Å²) in [4.78, 5) is 23.8. The lowest BCUT2D eigenvalue weighted by atomic mass is 10.2. The second-order valence-corrected chi connectivity index (χ2v) is 4.86. The van der Waals surface area contributed by atoms with E-state index in [0.717, 1.165) is 18.2 Å². The number of rotatable bonds is 2. The Balaban J connectivity index is 1.68. The highest BCUT2D eigenvalue weighted by atomic mass is 19.1. The Morgan fingerprint density at radius 3 is 2.21 bits per heavy atom. The van der Waals surface area contributed by atoms with Crippen LogP contribution in [0.5, 0.6) is 11.5 Å². The number of hydrazine groups is 1. The van der Waals surface area contributed by atoms with Gasteiger partial charge in [-0.2, -0.15) is 0 Å². The van der Waals surface area contributed by atoms with Crippen molar-refractivity contribution in [3.63, 3.8) is 0 Å². The fourth-order valence-corrected chi connectivity index (χ4v) is 2.15. The van der Waals surface area contributed by atoms with Crippen LogP contribution in [0.3, 0.4) is 0 Å². The number of carbonyl (C=O) groups excluding carboxylic acids is 2. The zero-order valence-electron chi connectivity index (χ0n) is 12.3. The molecule has 0 radical (unpaired) electrons. The molecular formula is C16H12F2N2O4. The number of carbonyl (C=O) groups is 2. The standard InChI is InChI=1S/C16H12F2N2O4/c17-10-2-1-3-11(18)14(10)16(22)20-19-15(21)9-4-5-12-13(8-9)24-7-6-23-12/h1-5,8H,6-7H2,(H,19,21)(H,20,22). The van der Waals surface area contributed by atoms with E-state index < -0.39 is 29.0 Å². The lowest BCUT2D eigenvalue weighted by molar-refractivity contribution is 0.0841. The molecule has 124 valence electrons. The minimum absolute atomic E-state index is 0.188. The monoisotopic (exact) mass is 334 g/mol. The molecule has 8 heteroatoms. The number of benzene rings is 2. The van der Waals surface area contributed by atoms with Crippen LogP contribution < -0.4 is 20.3 Å². The zero-order valence-corrected chi connectivity index (χ0v) is 12.3. The average molecular weight is 334 g/mol. The molecule has 0 aliphatic carbocycles. The number of halogens is 2. The van der Waals surface area contributed by atoms with Crippen LogP contribution >= 0.6 is 0 Å². The van der Waals surface area contributed by atoms with Gasteiger partial charge in [0.2, 0.25) is 0 Å². The quantitative estimate of drug-likeness (QED) is 0.821. The molecule has 24 heavy (non-hydrogen) atoms. The summed E-state index contributed by atoms with van der Waals surface area (Å²) in [5.41, 5.74) is 3.47. The molecule has 2 aromatic carbocycles. The Hall–Kier alpha value is -3.16. The molecule has 0 bridgehead atoms. The van der Waals surface area contributed by atoms with Crippen LogP contribution in [0.1, 0.15) is 20.7 Å². The molecular weight excluding hydrogens is 322 g/mol. The van der Waals surface area contributed by atoms with E-state index in [1.165, 1.54) is 12.1 Å². The Bertz CT molecular complexity index is 790. The summed E-state index contributed by atoms with van der Waals surface area (Å²) in [5.74, 6) is -2.91. The second kappa shape index (κ2) is 6.53. The van der Waals surface area contributed by atoms with Gasteiger partial charge in [-0.25, -0.2) is 8.78 Å². The average Bonchev–Trinajstić information content (AvgIpc) is 2.59. The van der Waals surface area contributed by atoms with Gasteiger partial charge in [-0.1, -0.05) is 6.07 Å². The van der Waals surface area contributed by atoms with Gasteiger partial charge in [-0.05, 0) is 30.3 Å². The third-order valence-corrected chi connectivity index (χ3v) is 3.28. The number of fused-ring (bicyclic) bond motifs is 1. The predicted molar refractivity (Wildman–Crippen MR) is 78.7 cm³/mol. The summed E-state index contributed by atoms with van der Waals surface area (Å²) in [6.07, 6.45) is 0. The van der Waals surface area contributed by atoms with E-state index in [2.05, 4.69) is 5.43 Å². The molecule has 0 fully saturated rings. The Morgan fingerprint density at radius 1 is 0.875 bits per heavy atom. The SMILES string of the molecule is O=C(NNC(=O)c1c(F)cccc1F)c1ccc2c(c1)OCCO2. The summed E-state index contributed by atoms with van der Waals surface area (Å²) < 4.78 is 37.7. The molecule has 2 aromatic rings. The highest BCUT2D eigenvalue weighted by Gasteiger charge is 2.19. The highest BCUT2D eigenvalue weighted by molar-refractivity contribution is 5.99. The van der Waals surface area contributed by atoms with E-state index in [-0.39, 0.29) is 5.56 Å². The predicted octanol–water partition coefficient (Wildman–Crippen LogP) is 1.81. The third-order valence-electron chi connectivity index (χ3n) is 3.28. The number of nitrogens with one attached hydrogen (secondary N) is 2. The van der Waals surface area contributed by atoms with Gasteiger partial charge in [0.15, 0.2) is 11.5 Å². The first-order valence-electron chi connectivity index (χ1n) is 7.00. The van der Waals surface area contributed by atoms with Crippen LogP contribution in [0, 0.1) is 11.6 Å². The summed E-state index contributed by atoms with van der Waals surface area (Å²) in [5, 5.41) is 0. The maximum absolute atomic E-state index is 13.5. The first kappa shape index (κ1) is 15.7. The molecule has 0 aromatic heterocycles. The Kier molecular flexibility index (Phi) is 4.28. The van der Waals surface area contributed by atoms with Crippen molar-refractivity contribution in [3.05, 3.63) is 59.2 Å². The fraction of sp³-hybridized carbons (Fsp3) is 0.125. The summed E-state index contributed by atoms with van der Waals surface area (Å²) in [6, 6.07) is 7.50. The van der Waals surface area contributed by atoms with E-state index in [0.29, 0.717) is 24.7 Å². The van der Waals surface area contributed by atoms with Crippen molar-refractivity contribution < 1.29 is 27.8 Å². The third kappa shape index (κ3) is 3.12. The van der Waals surface area contributed by atoms with Crippen molar-refractivity contribution in [1.82, 2.24) is 10.9 Å². The molecule has 1 aliphatic heterocycles. The van der Waals surface area contributed by atoms with Crippen molar-refractivity contribution in [3.8, 4) is 11.5 Å². The summed E-state index contributed by atoms with van der Waals surface area (Å²) >= 11 is 0.